The van der Waals surface area contributed by atoms with E-state index in [9.17, 15) is 0 Å². The third kappa shape index (κ3) is 4.50. The number of aryl methyl sites for hydroxylation is 2. The number of nitrogens with one attached hydrogen (secondary N) is 1. The lowest BCUT2D eigenvalue weighted by Gasteiger charge is -2.19. The van der Waals surface area contributed by atoms with E-state index in [1.807, 2.05) is 11.7 Å². The summed E-state index contributed by atoms with van der Waals surface area (Å²) in [5.74, 6) is 0.762. The molecule has 0 saturated carbocycles. The second-order valence-electron chi connectivity index (χ2n) is 5.32. The normalized spacial score (nSPS) is 13.3. The molecule has 0 spiro atoms. The lowest BCUT2D eigenvalue weighted by molar-refractivity contribution is 0.439. The van der Waals surface area contributed by atoms with E-state index in [1.54, 1.807) is 0 Å². The van der Waals surface area contributed by atoms with E-state index in [2.05, 4.69) is 44.3 Å². The summed E-state index contributed by atoms with van der Waals surface area (Å²) >= 11 is 0. The van der Waals surface area contributed by atoms with Gasteiger partial charge in [-0.2, -0.15) is 5.10 Å². The van der Waals surface area contributed by atoms with Crippen LogP contribution in [-0.2, 0) is 7.05 Å². The molecule has 1 atom stereocenters. The second-order valence-corrected chi connectivity index (χ2v) is 5.32. The molecule has 0 aromatic carbocycles. The molecular formula is C14H27N3. The molecule has 0 aliphatic rings. The molecule has 3 nitrogen and oxygen atoms in total. The van der Waals surface area contributed by atoms with Gasteiger partial charge in [0, 0.05) is 24.8 Å². The molecule has 0 amide bonds. The topological polar surface area (TPSA) is 29.9 Å². The van der Waals surface area contributed by atoms with Crippen LogP contribution in [0.3, 0.4) is 0 Å². The molecule has 1 aromatic heterocycles. The van der Waals surface area contributed by atoms with Gasteiger partial charge in [-0.3, -0.25) is 4.68 Å². The third-order valence-electron chi connectivity index (χ3n) is 3.10. The Labute approximate surface area is 106 Å². The van der Waals surface area contributed by atoms with Crippen molar-refractivity contribution >= 4 is 0 Å². The van der Waals surface area contributed by atoms with Crippen molar-refractivity contribution in [3.05, 3.63) is 17.5 Å². The molecule has 0 radical (unpaired) electrons. The minimum absolute atomic E-state index is 0.464. The molecule has 0 aliphatic heterocycles. The highest BCUT2D eigenvalue weighted by atomic mass is 15.3. The Bertz CT molecular complexity index is 328. The van der Waals surface area contributed by atoms with Gasteiger partial charge in [-0.1, -0.05) is 20.8 Å². The van der Waals surface area contributed by atoms with Crippen molar-refractivity contribution in [3.8, 4) is 0 Å². The molecule has 1 heterocycles. The van der Waals surface area contributed by atoms with Gasteiger partial charge in [-0.15, -0.1) is 0 Å². The molecule has 0 fully saturated rings. The van der Waals surface area contributed by atoms with Gasteiger partial charge in [0.2, 0.25) is 0 Å². The van der Waals surface area contributed by atoms with E-state index in [-0.39, 0.29) is 0 Å². The number of nitrogens with zero attached hydrogens (tertiary/aromatic N) is 2. The first-order chi connectivity index (χ1) is 8.04. The minimum atomic E-state index is 0.464. The fourth-order valence-corrected chi connectivity index (χ4v) is 2.15. The average Bonchev–Trinajstić information content (AvgIpc) is 2.58. The first-order valence-electron chi connectivity index (χ1n) is 6.78. The van der Waals surface area contributed by atoms with E-state index >= 15 is 0 Å². The Morgan fingerprint density at radius 2 is 2.06 bits per heavy atom. The maximum Gasteiger partial charge on any atom is 0.0641 e. The van der Waals surface area contributed by atoms with Crippen LogP contribution in [0.15, 0.2) is 6.20 Å². The lowest BCUT2D eigenvalue weighted by Crippen LogP contribution is -2.23. The van der Waals surface area contributed by atoms with Gasteiger partial charge < -0.3 is 5.32 Å². The van der Waals surface area contributed by atoms with E-state index in [4.69, 9.17) is 0 Å². The van der Waals surface area contributed by atoms with Crippen LogP contribution in [0.5, 0.6) is 0 Å². The maximum atomic E-state index is 4.44. The molecule has 1 N–H and O–H groups in total. The van der Waals surface area contributed by atoms with Gasteiger partial charge in [0.25, 0.3) is 0 Å². The zero-order valence-electron chi connectivity index (χ0n) is 12.0. The molecular weight excluding hydrogens is 210 g/mol. The van der Waals surface area contributed by atoms with Crippen LogP contribution in [0.4, 0.5) is 0 Å². The summed E-state index contributed by atoms with van der Waals surface area (Å²) in [6.07, 6.45) is 5.79. The van der Waals surface area contributed by atoms with Gasteiger partial charge in [0.1, 0.15) is 0 Å². The van der Waals surface area contributed by atoms with Gasteiger partial charge in [0.15, 0.2) is 0 Å². The largest absolute Gasteiger partial charge is 0.310 e. The Balaban J connectivity index is 2.70. The zero-order chi connectivity index (χ0) is 12.8. The minimum Gasteiger partial charge on any atom is -0.310 e. The Hall–Kier alpha value is -0.830. The highest BCUT2D eigenvalue weighted by Crippen LogP contribution is 2.23. The SMILES string of the molecule is CCCNC(CCC(C)C)c1cn(C)nc1C. The average molecular weight is 237 g/mol. The smallest absolute Gasteiger partial charge is 0.0641 e. The van der Waals surface area contributed by atoms with Crippen molar-refractivity contribution in [3.63, 3.8) is 0 Å². The van der Waals surface area contributed by atoms with E-state index in [1.165, 1.54) is 24.8 Å². The lowest BCUT2D eigenvalue weighted by atomic mass is 9.98. The summed E-state index contributed by atoms with van der Waals surface area (Å²) < 4.78 is 1.92. The summed E-state index contributed by atoms with van der Waals surface area (Å²) in [5, 5.41) is 8.09. The monoisotopic (exact) mass is 237 g/mol. The first-order valence-corrected chi connectivity index (χ1v) is 6.78. The number of rotatable bonds is 7. The van der Waals surface area contributed by atoms with Crippen LogP contribution in [0.25, 0.3) is 0 Å². The predicted octanol–water partition coefficient (Wildman–Crippen LogP) is 3.21. The van der Waals surface area contributed by atoms with Crippen LogP contribution >= 0.6 is 0 Å². The quantitative estimate of drug-likeness (QED) is 0.789. The molecule has 0 bridgehead atoms. The van der Waals surface area contributed by atoms with Crippen molar-refractivity contribution in [1.29, 1.82) is 0 Å². The van der Waals surface area contributed by atoms with Crippen LogP contribution in [0.2, 0.25) is 0 Å². The fourth-order valence-electron chi connectivity index (χ4n) is 2.15. The zero-order valence-corrected chi connectivity index (χ0v) is 12.0. The maximum absolute atomic E-state index is 4.44. The molecule has 17 heavy (non-hydrogen) atoms. The van der Waals surface area contributed by atoms with Gasteiger partial charge in [-0.25, -0.2) is 0 Å². The molecule has 0 aliphatic carbocycles. The molecule has 3 heteroatoms. The number of aromatic nitrogens is 2. The van der Waals surface area contributed by atoms with Crippen LogP contribution in [0.1, 0.15) is 57.3 Å². The van der Waals surface area contributed by atoms with Crippen molar-refractivity contribution in [1.82, 2.24) is 15.1 Å². The Morgan fingerprint density at radius 1 is 1.35 bits per heavy atom. The Morgan fingerprint density at radius 3 is 2.53 bits per heavy atom. The molecule has 1 unspecified atom stereocenters. The molecule has 1 aromatic rings. The summed E-state index contributed by atoms with van der Waals surface area (Å²) in [5.41, 5.74) is 2.52. The third-order valence-corrected chi connectivity index (χ3v) is 3.10. The fraction of sp³-hybridized carbons (Fsp3) is 0.786. The molecule has 1 rings (SSSR count). The predicted molar refractivity (Wildman–Crippen MR) is 73.1 cm³/mol. The van der Waals surface area contributed by atoms with Crippen LogP contribution in [-0.4, -0.2) is 16.3 Å². The number of hydrogen-bond donors (Lipinski definition) is 1. The van der Waals surface area contributed by atoms with Crippen molar-refractivity contribution in [2.45, 2.75) is 53.0 Å². The summed E-state index contributed by atoms with van der Waals surface area (Å²) in [6.45, 7) is 9.96. The van der Waals surface area contributed by atoms with Crippen LogP contribution in [0, 0.1) is 12.8 Å². The van der Waals surface area contributed by atoms with Gasteiger partial charge >= 0.3 is 0 Å². The van der Waals surface area contributed by atoms with Crippen molar-refractivity contribution in [2.24, 2.45) is 13.0 Å². The van der Waals surface area contributed by atoms with Crippen molar-refractivity contribution < 1.29 is 0 Å². The van der Waals surface area contributed by atoms with Crippen molar-refractivity contribution in [2.75, 3.05) is 6.54 Å². The molecule has 98 valence electrons. The summed E-state index contributed by atoms with van der Waals surface area (Å²) in [4.78, 5) is 0. The molecule has 0 saturated heterocycles. The van der Waals surface area contributed by atoms with Gasteiger partial charge in [0.05, 0.1) is 5.69 Å². The van der Waals surface area contributed by atoms with E-state index in [0.29, 0.717) is 6.04 Å². The standard InChI is InChI=1S/C14H27N3/c1-6-9-15-14(8-7-11(2)3)13-10-17(5)16-12(13)4/h10-11,14-15H,6-9H2,1-5H3. The Kier molecular flexibility index (Phi) is 5.69. The highest BCUT2D eigenvalue weighted by molar-refractivity contribution is 5.20. The van der Waals surface area contributed by atoms with E-state index in [0.717, 1.165) is 18.2 Å². The van der Waals surface area contributed by atoms with Gasteiger partial charge in [-0.05, 0) is 38.6 Å². The second kappa shape index (κ2) is 6.80. The van der Waals surface area contributed by atoms with E-state index < -0.39 is 0 Å². The first kappa shape index (κ1) is 14.2. The summed E-state index contributed by atoms with van der Waals surface area (Å²) in [7, 11) is 2.00. The van der Waals surface area contributed by atoms with Crippen LogP contribution < -0.4 is 5.32 Å². The highest BCUT2D eigenvalue weighted by Gasteiger charge is 2.16. The number of hydrogen-bond acceptors (Lipinski definition) is 2. The summed E-state index contributed by atoms with van der Waals surface area (Å²) in [6, 6.07) is 0.464.